The lowest BCUT2D eigenvalue weighted by molar-refractivity contribution is -0.156. The van der Waals surface area contributed by atoms with E-state index in [-0.39, 0.29) is 18.8 Å². The van der Waals surface area contributed by atoms with Gasteiger partial charge < -0.3 is 4.74 Å². The van der Waals surface area contributed by atoms with Crippen LogP contribution in [0.2, 0.25) is 0 Å². The van der Waals surface area contributed by atoms with Crippen LogP contribution in [-0.4, -0.2) is 12.6 Å². The van der Waals surface area contributed by atoms with Gasteiger partial charge in [-0.25, -0.2) is 0 Å². The lowest BCUT2D eigenvalue weighted by atomic mass is 9.81. The van der Waals surface area contributed by atoms with Gasteiger partial charge in [0, 0.05) is 0 Å². The summed E-state index contributed by atoms with van der Waals surface area (Å²) in [6.07, 6.45) is 2.09. The predicted octanol–water partition coefficient (Wildman–Crippen LogP) is 4.28. The van der Waals surface area contributed by atoms with E-state index in [1.807, 2.05) is 13.8 Å². The molecular formula is C14H30O2. The molecule has 0 atom stereocenters. The van der Waals surface area contributed by atoms with Crippen LogP contribution in [-0.2, 0) is 9.53 Å². The molecule has 0 fully saturated rings. The molecule has 0 heterocycles. The van der Waals surface area contributed by atoms with E-state index in [1.165, 1.54) is 0 Å². The maximum Gasteiger partial charge on any atom is 0.311 e. The first-order valence-electron chi connectivity index (χ1n) is 5.95. The summed E-state index contributed by atoms with van der Waals surface area (Å²) in [5.41, 5.74) is -0.363. The number of esters is 1. The predicted molar refractivity (Wildman–Crippen MR) is 70.4 cm³/mol. The van der Waals surface area contributed by atoms with Gasteiger partial charge in [0.25, 0.3) is 0 Å². The molecule has 98 valence electrons. The summed E-state index contributed by atoms with van der Waals surface area (Å²) < 4.78 is 5.28. The quantitative estimate of drug-likeness (QED) is 0.503. The Kier molecular flexibility index (Phi) is 8.59. The molecule has 0 aliphatic carbocycles. The van der Waals surface area contributed by atoms with Crippen molar-refractivity contribution in [2.24, 2.45) is 17.3 Å². The molecule has 0 saturated carbocycles. The Balaban J connectivity index is 0. The molecule has 0 aliphatic heterocycles. The Labute approximate surface area is 102 Å². The Bertz CT molecular complexity index is 193. The van der Waals surface area contributed by atoms with Crippen molar-refractivity contribution < 1.29 is 9.53 Å². The molecule has 0 radical (unpaired) electrons. The fourth-order valence-corrected chi connectivity index (χ4v) is 1.08. The number of hydrogen-bond acceptors (Lipinski definition) is 2. The van der Waals surface area contributed by atoms with E-state index in [9.17, 15) is 4.79 Å². The van der Waals surface area contributed by atoms with Crippen molar-refractivity contribution in [1.29, 1.82) is 0 Å². The fraction of sp³-hybridized carbons (Fsp3) is 0.929. The molecule has 0 N–H and O–H groups in total. The maximum absolute atomic E-state index is 11.7. The molecule has 2 heteroatoms. The molecule has 0 spiro atoms. The van der Waals surface area contributed by atoms with E-state index in [0.717, 1.165) is 12.8 Å². The zero-order valence-corrected chi connectivity index (χ0v) is 11.1. The standard InChI is InChI=1S/C13H26O2.CH4/c1-10(2)8-7-9-15-12(14)13(5,6)11(3)4;/h10-11H,7-9H2,1-6H3;1H4. The molecule has 0 aromatic rings. The van der Waals surface area contributed by atoms with Gasteiger partial charge in [-0.15, -0.1) is 0 Å². The molecule has 2 nitrogen and oxygen atoms in total. The summed E-state index contributed by atoms with van der Waals surface area (Å²) in [5.74, 6) is 0.929. The molecule has 0 amide bonds. The lowest BCUT2D eigenvalue weighted by Crippen LogP contribution is -2.32. The average Bonchev–Trinajstić information content (AvgIpc) is 2.11. The largest absolute Gasteiger partial charge is 0.465 e. The van der Waals surface area contributed by atoms with Crippen LogP contribution in [0.5, 0.6) is 0 Å². The second-order valence-electron chi connectivity index (χ2n) is 5.55. The SMILES string of the molecule is C.CC(C)CCCOC(=O)C(C)(C)C(C)C. The number of ether oxygens (including phenoxy) is 1. The van der Waals surface area contributed by atoms with Gasteiger partial charge in [-0.05, 0) is 38.5 Å². The van der Waals surface area contributed by atoms with Crippen molar-refractivity contribution in [3.05, 3.63) is 0 Å². The van der Waals surface area contributed by atoms with Crippen LogP contribution in [0.3, 0.4) is 0 Å². The molecule has 0 aromatic heterocycles. The smallest absolute Gasteiger partial charge is 0.311 e. The van der Waals surface area contributed by atoms with Gasteiger partial charge in [0.1, 0.15) is 0 Å². The highest BCUT2D eigenvalue weighted by Gasteiger charge is 2.32. The minimum Gasteiger partial charge on any atom is -0.465 e. The van der Waals surface area contributed by atoms with Crippen molar-refractivity contribution in [2.45, 2.75) is 61.8 Å². The summed E-state index contributed by atoms with van der Waals surface area (Å²) in [6, 6.07) is 0. The van der Waals surface area contributed by atoms with Crippen molar-refractivity contribution in [3.63, 3.8) is 0 Å². The summed E-state index contributed by atoms with van der Waals surface area (Å²) in [4.78, 5) is 11.7. The first-order chi connectivity index (χ1) is 6.78. The number of hydrogen-bond donors (Lipinski definition) is 0. The van der Waals surface area contributed by atoms with Crippen LogP contribution in [0.4, 0.5) is 0 Å². The lowest BCUT2D eigenvalue weighted by Gasteiger charge is -2.26. The van der Waals surface area contributed by atoms with E-state index >= 15 is 0 Å². The first-order valence-corrected chi connectivity index (χ1v) is 5.95. The van der Waals surface area contributed by atoms with Gasteiger partial charge in [0.05, 0.1) is 12.0 Å². The van der Waals surface area contributed by atoms with Crippen molar-refractivity contribution >= 4 is 5.97 Å². The minimum atomic E-state index is -0.363. The third-order valence-electron chi connectivity index (χ3n) is 3.13. The third-order valence-corrected chi connectivity index (χ3v) is 3.13. The van der Waals surface area contributed by atoms with Gasteiger partial charge in [0.15, 0.2) is 0 Å². The third kappa shape index (κ3) is 6.14. The number of rotatable bonds is 6. The number of carbonyl (C=O) groups is 1. The fourth-order valence-electron chi connectivity index (χ4n) is 1.08. The zero-order chi connectivity index (χ0) is 12.1. The van der Waals surface area contributed by atoms with Crippen molar-refractivity contribution in [2.75, 3.05) is 6.61 Å². The monoisotopic (exact) mass is 230 g/mol. The van der Waals surface area contributed by atoms with Gasteiger partial charge in [0.2, 0.25) is 0 Å². The second kappa shape index (κ2) is 7.70. The van der Waals surface area contributed by atoms with E-state index in [4.69, 9.17) is 4.74 Å². The van der Waals surface area contributed by atoms with Crippen LogP contribution >= 0.6 is 0 Å². The molecule has 0 saturated heterocycles. The molecule has 0 unspecified atom stereocenters. The van der Waals surface area contributed by atoms with Gasteiger partial charge in [-0.1, -0.05) is 35.1 Å². The summed E-state index contributed by atoms with van der Waals surface area (Å²) in [5, 5.41) is 0. The van der Waals surface area contributed by atoms with E-state index in [0.29, 0.717) is 18.4 Å². The minimum absolute atomic E-state index is 0. The zero-order valence-electron chi connectivity index (χ0n) is 11.1. The van der Waals surface area contributed by atoms with E-state index < -0.39 is 0 Å². The molecule has 0 aromatic carbocycles. The second-order valence-corrected chi connectivity index (χ2v) is 5.55. The number of carbonyl (C=O) groups excluding carboxylic acids is 1. The normalized spacial score (nSPS) is 11.5. The Hall–Kier alpha value is -0.530. The Morgan fingerprint density at radius 2 is 1.69 bits per heavy atom. The van der Waals surface area contributed by atoms with Crippen molar-refractivity contribution in [1.82, 2.24) is 0 Å². The highest BCUT2D eigenvalue weighted by atomic mass is 16.5. The summed E-state index contributed by atoms with van der Waals surface area (Å²) >= 11 is 0. The van der Waals surface area contributed by atoms with Crippen LogP contribution in [0.25, 0.3) is 0 Å². The molecule has 0 aliphatic rings. The molecular weight excluding hydrogens is 200 g/mol. The summed E-state index contributed by atoms with van der Waals surface area (Å²) in [7, 11) is 0. The molecule has 0 rings (SSSR count). The van der Waals surface area contributed by atoms with Gasteiger partial charge in [-0.2, -0.15) is 0 Å². The maximum atomic E-state index is 11.7. The van der Waals surface area contributed by atoms with E-state index in [2.05, 4.69) is 27.7 Å². The molecule has 16 heavy (non-hydrogen) atoms. The van der Waals surface area contributed by atoms with E-state index in [1.54, 1.807) is 0 Å². The van der Waals surface area contributed by atoms with Crippen LogP contribution in [0, 0.1) is 17.3 Å². The summed E-state index contributed by atoms with van der Waals surface area (Å²) in [6.45, 7) is 12.9. The Morgan fingerprint density at radius 3 is 2.06 bits per heavy atom. The van der Waals surface area contributed by atoms with Crippen LogP contribution in [0.15, 0.2) is 0 Å². The topological polar surface area (TPSA) is 26.3 Å². The van der Waals surface area contributed by atoms with Gasteiger partial charge >= 0.3 is 5.97 Å². The van der Waals surface area contributed by atoms with Gasteiger partial charge in [-0.3, -0.25) is 4.79 Å². The highest BCUT2D eigenvalue weighted by Crippen LogP contribution is 2.27. The van der Waals surface area contributed by atoms with Crippen LogP contribution in [0.1, 0.15) is 61.8 Å². The van der Waals surface area contributed by atoms with Crippen LogP contribution < -0.4 is 0 Å². The molecule has 0 bridgehead atoms. The average molecular weight is 230 g/mol. The Morgan fingerprint density at radius 1 is 1.19 bits per heavy atom. The van der Waals surface area contributed by atoms with Crippen molar-refractivity contribution in [3.8, 4) is 0 Å². The first kappa shape index (κ1) is 17.9. The highest BCUT2D eigenvalue weighted by molar-refractivity contribution is 5.76.